The first-order chi connectivity index (χ1) is 14.6. The predicted molar refractivity (Wildman–Crippen MR) is 124 cm³/mol. The molecule has 2 N–H and O–H groups in total. The van der Waals surface area contributed by atoms with E-state index in [-0.39, 0.29) is 6.10 Å². The highest BCUT2D eigenvalue weighted by Gasteiger charge is 2.21. The Morgan fingerprint density at radius 3 is 2.70 bits per heavy atom. The number of aromatic nitrogens is 3. The number of fused-ring (bicyclic) bond motifs is 3. The second-order valence-electron chi connectivity index (χ2n) is 7.62. The zero-order valence-corrected chi connectivity index (χ0v) is 18.9. The van der Waals surface area contributed by atoms with Crippen LogP contribution >= 0.6 is 11.9 Å². The molecule has 4 rings (SSSR count). The Kier molecular flexibility index (Phi) is 6.65. The Balaban J connectivity index is 1.73. The summed E-state index contributed by atoms with van der Waals surface area (Å²) >= 11 is 1.81. The zero-order chi connectivity index (χ0) is 21.1. The van der Waals surface area contributed by atoms with Crippen LogP contribution in [0.5, 0.6) is 5.75 Å². The lowest BCUT2D eigenvalue weighted by molar-refractivity contribution is 0.126. The summed E-state index contributed by atoms with van der Waals surface area (Å²) in [6.07, 6.45) is 5.46. The molecule has 0 aliphatic carbocycles. The molecule has 3 aromatic rings. The molecule has 1 aliphatic heterocycles. The van der Waals surface area contributed by atoms with E-state index in [0.717, 1.165) is 72.4 Å². The minimum atomic E-state index is 0.247. The third kappa shape index (κ3) is 4.22. The molecule has 0 bridgehead atoms. The lowest BCUT2D eigenvalue weighted by atomic mass is 10.1. The molecule has 7 nitrogen and oxygen atoms in total. The van der Waals surface area contributed by atoms with Crippen LogP contribution in [0.2, 0.25) is 0 Å². The number of hydrogen-bond donors (Lipinski definition) is 1. The minimum absolute atomic E-state index is 0.247. The fourth-order valence-corrected chi connectivity index (χ4v) is 4.68. The highest BCUT2D eigenvalue weighted by atomic mass is 32.2. The van der Waals surface area contributed by atoms with E-state index in [4.69, 9.17) is 20.2 Å². The topological polar surface area (TPSA) is 78.4 Å². The van der Waals surface area contributed by atoms with E-state index >= 15 is 0 Å². The Bertz CT molecular complexity index is 1010. The maximum atomic E-state index is 6.36. The molecule has 0 spiro atoms. The van der Waals surface area contributed by atoms with Gasteiger partial charge in [0.05, 0.1) is 11.0 Å². The van der Waals surface area contributed by atoms with E-state index in [9.17, 15) is 0 Å². The highest BCUT2D eigenvalue weighted by molar-refractivity contribution is 7.96. The average Bonchev–Trinajstić information content (AvgIpc) is 3.13. The molecule has 0 amide bonds. The Labute approximate surface area is 182 Å². The van der Waals surface area contributed by atoms with Crippen LogP contribution in [0.25, 0.3) is 21.9 Å². The van der Waals surface area contributed by atoms with Crippen LogP contribution in [0.15, 0.2) is 18.2 Å². The molecule has 2 aromatic heterocycles. The SMILES string of the molecule is CCCn1c(COCC)nc2c(N)nc3ccc(OC4CCN(SC)CC4)cc3c21. The third-order valence-corrected chi connectivity index (χ3v) is 6.48. The molecule has 8 heteroatoms. The Morgan fingerprint density at radius 1 is 1.20 bits per heavy atom. The van der Waals surface area contributed by atoms with Crippen molar-refractivity contribution in [1.82, 2.24) is 18.8 Å². The van der Waals surface area contributed by atoms with Crippen molar-refractivity contribution >= 4 is 39.7 Å². The monoisotopic (exact) mass is 429 g/mol. The zero-order valence-electron chi connectivity index (χ0n) is 18.1. The standard InChI is InChI=1S/C22H31N5O2S/c1-4-10-27-19(14-28-5-2)25-20-21(27)17-13-16(6-7-18(17)24-22(20)23)29-15-8-11-26(30-3)12-9-15/h6-7,13,15H,4-5,8-12,14H2,1-3H3,(H2,23,24). The third-order valence-electron chi connectivity index (χ3n) is 5.60. The van der Waals surface area contributed by atoms with Gasteiger partial charge in [-0.15, -0.1) is 0 Å². The van der Waals surface area contributed by atoms with Crippen LogP contribution in [0.3, 0.4) is 0 Å². The van der Waals surface area contributed by atoms with Gasteiger partial charge in [-0.05, 0) is 50.6 Å². The van der Waals surface area contributed by atoms with Gasteiger partial charge in [-0.2, -0.15) is 0 Å². The molecule has 3 heterocycles. The summed E-state index contributed by atoms with van der Waals surface area (Å²) in [5.74, 6) is 2.24. The van der Waals surface area contributed by atoms with E-state index < -0.39 is 0 Å². The number of anilines is 1. The second kappa shape index (κ2) is 9.41. The summed E-state index contributed by atoms with van der Waals surface area (Å²) in [7, 11) is 0. The lowest BCUT2D eigenvalue weighted by Gasteiger charge is -2.30. The van der Waals surface area contributed by atoms with Crippen molar-refractivity contribution in [3.05, 3.63) is 24.0 Å². The van der Waals surface area contributed by atoms with Gasteiger partial charge < -0.3 is 19.8 Å². The maximum Gasteiger partial charge on any atom is 0.152 e. The summed E-state index contributed by atoms with van der Waals surface area (Å²) < 4.78 is 16.6. The number of hydrogen-bond acceptors (Lipinski definition) is 7. The van der Waals surface area contributed by atoms with Crippen LogP contribution in [0.4, 0.5) is 5.82 Å². The van der Waals surface area contributed by atoms with Gasteiger partial charge in [-0.3, -0.25) is 4.31 Å². The van der Waals surface area contributed by atoms with Gasteiger partial charge in [0.25, 0.3) is 0 Å². The molecule has 0 radical (unpaired) electrons. The van der Waals surface area contributed by atoms with E-state index in [1.54, 1.807) is 0 Å². The van der Waals surface area contributed by atoms with Crippen LogP contribution < -0.4 is 10.5 Å². The van der Waals surface area contributed by atoms with Crippen LogP contribution in [0, 0.1) is 0 Å². The molecule has 1 aromatic carbocycles. The number of nitrogens with two attached hydrogens (primary N) is 1. The molecular formula is C22H31N5O2S. The largest absolute Gasteiger partial charge is 0.490 e. The van der Waals surface area contributed by atoms with Crippen molar-refractivity contribution in [2.75, 3.05) is 31.7 Å². The summed E-state index contributed by atoms with van der Waals surface area (Å²) in [5, 5.41) is 1.03. The lowest BCUT2D eigenvalue weighted by Crippen LogP contribution is -2.34. The van der Waals surface area contributed by atoms with E-state index in [0.29, 0.717) is 19.0 Å². The van der Waals surface area contributed by atoms with Crippen molar-refractivity contribution in [3.63, 3.8) is 0 Å². The number of ether oxygens (including phenoxy) is 2. The molecule has 0 unspecified atom stereocenters. The smallest absolute Gasteiger partial charge is 0.152 e. The molecule has 0 saturated carbocycles. The summed E-state index contributed by atoms with van der Waals surface area (Å²) in [6, 6.07) is 6.11. The first-order valence-corrected chi connectivity index (χ1v) is 11.9. The second-order valence-corrected chi connectivity index (χ2v) is 8.50. The summed E-state index contributed by atoms with van der Waals surface area (Å²) in [4.78, 5) is 9.39. The normalized spacial score (nSPS) is 16.0. The van der Waals surface area contributed by atoms with E-state index in [1.165, 1.54) is 0 Å². The van der Waals surface area contributed by atoms with Crippen LogP contribution in [-0.2, 0) is 17.9 Å². The number of imidazole rings is 1. The molecule has 162 valence electrons. The van der Waals surface area contributed by atoms with E-state index in [1.807, 2.05) is 31.0 Å². The average molecular weight is 430 g/mol. The highest BCUT2D eigenvalue weighted by Crippen LogP contribution is 2.32. The number of pyridine rings is 1. The maximum absolute atomic E-state index is 6.36. The van der Waals surface area contributed by atoms with Gasteiger partial charge in [0, 0.05) is 31.6 Å². The molecule has 1 saturated heterocycles. The quantitative estimate of drug-likeness (QED) is 0.537. The Hall–Kier alpha value is -2.03. The van der Waals surface area contributed by atoms with Gasteiger partial charge in [0.1, 0.15) is 29.8 Å². The van der Waals surface area contributed by atoms with E-state index in [2.05, 4.69) is 33.1 Å². The number of nitrogen functional groups attached to an aromatic ring is 1. The van der Waals surface area contributed by atoms with Crippen LogP contribution in [-0.4, -0.2) is 50.9 Å². The van der Waals surface area contributed by atoms with Crippen molar-refractivity contribution in [1.29, 1.82) is 0 Å². The molecule has 30 heavy (non-hydrogen) atoms. The van der Waals surface area contributed by atoms with Crippen LogP contribution in [0.1, 0.15) is 38.9 Å². The predicted octanol–water partition coefficient (Wildman–Crippen LogP) is 4.23. The van der Waals surface area contributed by atoms with Crippen molar-refractivity contribution < 1.29 is 9.47 Å². The fraction of sp³-hybridized carbons (Fsp3) is 0.545. The van der Waals surface area contributed by atoms with Gasteiger partial charge >= 0.3 is 0 Å². The van der Waals surface area contributed by atoms with Gasteiger partial charge in [0.15, 0.2) is 5.82 Å². The number of benzene rings is 1. The van der Waals surface area contributed by atoms with Gasteiger partial charge in [0.2, 0.25) is 0 Å². The van der Waals surface area contributed by atoms with Crippen molar-refractivity contribution in [3.8, 4) is 5.75 Å². The number of piperidine rings is 1. The summed E-state index contributed by atoms with van der Waals surface area (Å²) in [5.41, 5.74) is 8.91. The number of rotatable bonds is 8. The minimum Gasteiger partial charge on any atom is -0.490 e. The van der Waals surface area contributed by atoms with Crippen molar-refractivity contribution in [2.45, 2.75) is 52.4 Å². The van der Waals surface area contributed by atoms with Gasteiger partial charge in [-0.1, -0.05) is 18.9 Å². The molecule has 1 aliphatic rings. The molecule has 1 fully saturated rings. The Morgan fingerprint density at radius 2 is 2.00 bits per heavy atom. The molecular weight excluding hydrogens is 398 g/mol. The summed E-state index contributed by atoms with van der Waals surface area (Å²) in [6.45, 7) is 8.25. The van der Waals surface area contributed by atoms with Gasteiger partial charge in [-0.25, -0.2) is 9.97 Å². The number of nitrogens with zero attached hydrogens (tertiary/aromatic N) is 4. The first kappa shape index (κ1) is 21.2. The van der Waals surface area contributed by atoms with Crippen molar-refractivity contribution in [2.24, 2.45) is 0 Å². The fourth-order valence-electron chi connectivity index (χ4n) is 4.10. The number of aryl methyl sites for hydroxylation is 1. The first-order valence-electron chi connectivity index (χ1n) is 10.8. The molecule has 0 atom stereocenters.